The second-order valence-corrected chi connectivity index (χ2v) is 4.73. The zero-order chi connectivity index (χ0) is 12.5. The molecule has 1 aliphatic rings. The summed E-state index contributed by atoms with van der Waals surface area (Å²) in [5.74, 6) is 0. The maximum atomic E-state index is 12.2. The molecule has 3 heterocycles. The SMILES string of the molecule is Cn1ncc2c(=O)n(CC3CCCCN3)nnc21. The van der Waals surface area contributed by atoms with Gasteiger partial charge in [-0.1, -0.05) is 11.6 Å². The van der Waals surface area contributed by atoms with Crippen LogP contribution in [0.2, 0.25) is 0 Å². The molecule has 2 aromatic heterocycles. The number of nitrogens with zero attached hydrogens (tertiary/aromatic N) is 5. The molecule has 1 unspecified atom stereocenters. The summed E-state index contributed by atoms with van der Waals surface area (Å²) in [6.45, 7) is 1.60. The van der Waals surface area contributed by atoms with E-state index in [1.165, 1.54) is 17.5 Å². The Morgan fingerprint density at radius 2 is 2.39 bits per heavy atom. The van der Waals surface area contributed by atoms with Crippen LogP contribution in [0.25, 0.3) is 11.0 Å². The van der Waals surface area contributed by atoms with Gasteiger partial charge in [-0.25, -0.2) is 9.36 Å². The summed E-state index contributed by atoms with van der Waals surface area (Å²) >= 11 is 0. The molecule has 1 saturated heterocycles. The highest BCUT2D eigenvalue weighted by molar-refractivity contribution is 5.72. The van der Waals surface area contributed by atoms with E-state index in [1.807, 2.05) is 0 Å². The quantitative estimate of drug-likeness (QED) is 0.787. The van der Waals surface area contributed by atoms with E-state index < -0.39 is 0 Å². The molecule has 0 aliphatic carbocycles. The van der Waals surface area contributed by atoms with E-state index in [4.69, 9.17) is 0 Å². The third-order valence-corrected chi connectivity index (χ3v) is 3.43. The summed E-state index contributed by atoms with van der Waals surface area (Å²) in [6.07, 6.45) is 5.05. The van der Waals surface area contributed by atoms with E-state index in [9.17, 15) is 4.79 Å². The normalized spacial score (nSPS) is 20.4. The summed E-state index contributed by atoms with van der Waals surface area (Å²) in [5, 5.41) is 16.0. The zero-order valence-corrected chi connectivity index (χ0v) is 10.3. The number of piperidine rings is 1. The monoisotopic (exact) mass is 248 g/mol. The van der Waals surface area contributed by atoms with Gasteiger partial charge in [0.25, 0.3) is 5.56 Å². The van der Waals surface area contributed by atoms with E-state index in [0.717, 1.165) is 13.0 Å². The van der Waals surface area contributed by atoms with Crippen molar-refractivity contribution in [3.8, 4) is 0 Å². The molecule has 1 N–H and O–H groups in total. The molecule has 1 atom stereocenters. The lowest BCUT2D eigenvalue weighted by Gasteiger charge is -2.23. The molecule has 0 aromatic carbocycles. The van der Waals surface area contributed by atoms with Gasteiger partial charge in [0.2, 0.25) is 0 Å². The largest absolute Gasteiger partial charge is 0.312 e. The minimum Gasteiger partial charge on any atom is -0.312 e. The van der Waals surface area contributed by atoms with Crippen molar-refractivity contribution < 1.29 is 0 Å². The molecule has 1 aliphatic heterocycles. The molecule has 0 spiro atoms. The first-order chi connectivity index (χ1) is 8.75. The Morgan fingerprint density at radius 1 is 1.50 bits per heavy atom. The van der Waals surface area contributed by atoms with E-state index in [1.54, 1.807) is 17.9 Å². The Labute approximate surface area is 104 Å². The van der Waals surface area contributed by atoms with Crippen molar-refractivity contribution in [3.05, 3.63) is 16.6 Å². The minimum atomic E-state index is -0.111. The fraction of sp³-hybridized carbons (Fsp3) is 0.636. The molecule has 96 valence electrons. The Kier molecular flexibility index (Phi) is 2.83. The summed E-state index contributed by atoms with van der Waals surface area (Å²) in [6, 6.07) is 0.319. The van der Waals surface area contributed by atoms with Crippen molar-refractivity contribution in [2.45, 2.75) is 31.8 Å². The van der Waals surface area contributed by atoms with Gasteiger partial charge >= 0.3 is 0 Å². The number of aryl methyl sites for hydroxylation is 1. The molecule has 0 amide bonds. The van der Waals surface area contributed by atoms with Crippen LogP contribution in [-0.4, -0.2) is 37.4 Å². The number of rotatable bonds is 2. The lowest BCUT2D eigenvalue weighted by atomic mass is 10.1. The predicted octanol–water partition coefficient (Wildman–Crippen LogP) is -0.333. The second-order valence-electron chi connectivity index (χ2n) is 4.73. The fourth-order valence-electron chi connectivity index (χ4n) is 2.38. The minimum absolute atomic E-state index is 0.111. The van der Waals surface area contributed by atoms with Gasteiger partial charge in [-0.05, 0) is 19.4 Å². The van der Waals surface area contributed by atoms with Crippen LogP contribution in [-0.2, 0) is 13.6 Å². The molecule has 2 aromatic rings. The second kappa shape index (κ2) is 4.49. The number of nitrogens with one attached hydrogen (secondary N) is 1. The molecule has 0 saturated carbocycles. The van der Waals surface area contributed by atoms with Gasteiger partial charge in [-0.15, -0.1) is 5.10 Å². The van der Waals surface area contributed by atoms with Crippen LogP contribution >= 0.6 is 0 Å². The van der Waals surface area contributed by atoms with Crippen LogP contribution in [0.1, 0.15) is 19.3 Å². The highest BCUT2D eigenvalue weighted by Gasteiger charge is 2.16. The van der Waals surface area contributed by atoms with Gasteiger partial charge in [0, 0.05) is 13.1 Å². The third-order valence-electron chi connectivity index (χ3n) is 3.43. The molecular weight excluding hydrogens is 232 g/mol. The first-order valence-electron chi connectivity index (χ1n) is 6.24. The van der Waals surface area contributed by atoms with Crippen LogP contribution in [0.3, 0.4) is 0 Å². The van der Waals surface area contributed by atoms with Crippen molar-refractivity contribution in [2.24, 2.45) is 7.05 Å². The average Bonchev–Trinajstić information content (AvgIpc) is 2.77. The summed E-state index contributed by atoms with van der Waals surface area (Å²) in [4.78, 5) is 12.2. The lowest BCUT2D eigenvalue weighted by Crippen LogP contribution is -2.40. The highest BCUT2D eigenvalue weighted by atomic mass is 16.1. The van der Waals surface area contributed by atoms with Gasteiger partial charge in [0.05, 0.1) is 12.7 Å². The van der Waals surface area contributed by atoms with E-state index in [2.05, 4.69) is 20.7 Å². The zero-order valence-electron chi connectivity index (χ0n) is 10.3. The molecule has 0 radical (unpaired) electrons. The maximum absolute atomic E-state index is 12.2. The molecule has 7 heteroatoms. The number of fused-ring (bicyclic) bond motifs is 1. The van der Waals surface area contributed by atoms with E-state index in [-0.39, 0.29) is 5.56 Å². The van der Waals surface area contributed by atoms with E-state index in [0.29, 0.717) is 23.6 Å². The van der Waals surface area contributed by atoms with Gasteiger partial charge in [-0.2, -0.15) is 5.10 Å². The van der Waals surface area contributed by atoms with Gasteiger partial charge < -0.3 is 5.32 Å². The van der Waals surface area contributed by atoms with Crippen LogP contribution < -0.4 is 10.9 Å². The topological polar surface area (TPSA) is 77.6 Å². The average molecular weight is 248 g/mol. The molecule has 3 rings (SSSR count). The first-order valence-corrected chi connectivity index (χ1v) is 6.24. The fourth-order valence-corrected chi connectivity index (χ4v) is 2.38. The van der Waals surface area contributed by atoms with Crippen molar-refractivity contribution >= 4 is 11.0 Å². The molecular formula is C11H16N6O. The summed E-state index contributed by atoms with van der Waals surface area (Å²) < 4.78 is 3.00. The van der Waals surface area contributed by atoms with Crippen molar-refractivity contribution in [2.75, 3.05) is 6.54 Å². The Morgan fingerprint density at radius 3 is 3.17 bits per heavy atom. The molecule has 7 nitrogen and oxygen atoms in total. The lowest BCUT2D eigenvalue weighted by molar-refractivity contribution is 0.341. The molecule has 0 bridgehead atoms. The summed E-state index contributed by atoms with van der Waals surface area (Å²) in [7, 11) is 1.75. The number of aromatic nitrogens is 5. The van der Waals surface area contributed by atoms with E-state index >= 15 is 0 Å². The van der Waals surface area contributed by atoms with Gasteiger partial charge in [0.1, 0.15) is 5.39 Å². The first kappa shape index (κ1) is 11.3. The Hall–Kier alpha value is -1.76. The molecule has 1 fully saturated rings. The highest BCUT2D eigenvalue weighted by Crippen LogP contribution is 2.08. The van der Waals surface area contributed by atoms with Gasteiger partial charge in [0.15, 0.2) is 5.65 Å². The van der Waals surface area contributed by atoms with Crippen molar-refractivity contribution in [1.82, 2.24) is 30.1 Å². The van der Waals surface area contributed by atoms with Crippen LogP contribution in [0.5, 0.6) is 0 Å². The van der Waals surface area contributed by atoms with Crippen molar-refractivity contribution in [3.63, 3.8) is 0 Å². The summed E-state index contributed by atoms with van der Waals surface area (Å²) in [5.41, 5.74) is 0.424. The molecule has 18 heavy (non-hydrogen) atoms. The number of hydrogen-bond donors (Lipinski definition) is 1. The standard InChI is InChI=1S/C11H16N6O/c1-16-10-9(6-13-16)11(18)17(15-14-10)7-8-4-2-3-5-12-8/h6,8,12H,2-5,7H2,1H3. The van der Waals surface area contributed by atoms with Crippen LogP contribution in [0.4, 0.5) is 0 Å². The smallest absolute Gasteiger partial charge is 0.280 e. The van der Waals surface area contributed by atoms with Crippen molar-refractivity contribution in [1.29, 1.82) is 0 Å². The predicted molar refractivity (Wildman–Crippen MR) is 66.2 cm³/mol. The Bertz CT molecular complexity index is 610. The number of hydrogen-bond acceptors (Lipinski definition) is 5. The van der Waals surface area contributed by atoms with Gasteiger partial charge in [-0.3, -0.25) is 4.79 Å². The maximum Gasteiger partial charge on any atom is 0.280 e. The van der Waals surface area contributed by atoms with Crippen LogP contribution in [0, 0.1) is 0 Å². The Balaban J connectivity index is 1.92. The van der Waals surface area contributed by atoms with Crippen LogP contribution in [0.15, 0.2) is 11.0 Å². The third kappa shape index (κ3) is 1.90.